The lowest BCUT2D eigenvalue weighted by Crippen LogP contribution is -2.29. The van der Waals surface area contributed by atoms with Gasteiger partial charge in [0.15, 0.2) is 0 Å². The third kappa shape index (κ3) is 12.0. The molecule has 3 rings (SSSR count). The van der Waals surface area contributed by atoms with Crippen molar-refractivity contribution < 1.29 is 19.1 Å². The smallest absolute Gasteiger partial charge is 0.346 e. The van der Waals surface area contributed by atoms with Crippen LogP contribution in [-0.2, 0) is 19.1 Å². The molecule has 3 aliphatic carbocycles. The lowest BCUT2D eigenvalue weighted by atomic mass is 9.65. The fourth-order valence-corrected chi connectivity index (χ4v) is 8.01. The predicted octanol–water partition coefficient (Wildman–Crippen LogP) is 11.6. The van der Waals surface area contributed by atoms with Gasteiger partial charge in [0.2, 0.25) is 0 Å². The van der Waals surface area contributed by atoms with Crippen LogP contribution in [0.2, 0.25) is 0 Å². The second kappa shape index (κ2) is 20.9. The van der Waals surface area contributed by atoms with Crippen molar-refractivity contribution in [3.63, 3.8) is 0 Å². The van der Waals surface area contributed by atoms with Gasteiger partial charge in [0.1, 0.15) is 5.57 Å². The van der Waals surface area contributed by atoms with E-state index in [9.17, 15) is 9.59 Å². The number of hydrogen-bond donors (Lipinski definition) is 0. The molecule has 0 N–H and O–H groups in total. The van der Waals surface area contributed by atoms with Crippen LogP contribution >= 0.6 is 0 Å². The Morgan fingerprint density at radius 2 is 0.955 bits per heavy atom. The standard InChI is InChI=1S/C40H64O4/c1-33(38(41)43-2)32-40(29-23-17-11-6-12-18-24-30-40)37(35-27-21-15-9-5-10-16-22-28-35)36(39(42)44-3)31-34-25-19-13-7-4-8-14-20-26-34/h32H,4-30H2,1-3H3/b33-32-. The summed E-state index contributed by atoms with van der Waals surface area (Å²) in [6.07, 6.45) is 34.0. The van der Waals surface area contributed by atoms with Gasteiger partial charge in [-0.15, -0.1) is 5.73 Å². The molecule has 0 amide bonds. The molecule has 3 saturated carbocycles. The van der Waals surface area contributed by atoms with Gasteiger partial charge in [0.05, 0.1) is 14.2 Å². The number of ether oxygens (including phenoxy) is 2. The first-order chi connectivity index (χ1) is 21.5. The van der Waals surface area contributed by atoms with Crippen molar-refractivity contribution in [1.29, 1.82) is 0 Å². The monoisotopic (exact) mass is 608 g/mol. The molecule has 3 fully saturated rings. The second-order valence-corrected chi connectivity index (χ2v) is 14.0. The fourth-order valence-electron chi connectivity index (χ4n) is 8.01. The first kappa shape index (κ1) is 36.4. The van der Waals surface area contributed by atoms with Gasteiger partial charge in [0, 0.05) is 11.0 Å². The summed E-state index contributed by atoms with van der Waals surface area (Å²) in [5, 5.41) is 0. The van der Waals surface area contributed by atoms with Crippen molar-refractivity contribution in [2.24, 2.45) is 5.41 Å². The van der Waals surface area contributed by atoms with E-state index in [2.05, 4.69) is 11.8 Å². The minimum Gasteiger partial charge on any atom is -0.466 e. The largest absolute Gasteiger partial charge is 0.466 e. The Balaban J connectivity index is 2.35. The van der Waals surface area contributed by atoms with Crippen molar-refractivity contribution in [2.45, 2.75) is 180 Å². The Labute approximate surface area is 270 Å². The van der Waals surface area contributed by atoms with Crippen molar-refractivity contribution >= 4 is 11.9 Å². The summed E-state index contributed by atoms with van der Waals surface area (Å²) in [5.74, 6) is -0.527. The van der Waals surface area contributed by atoms with Gasteiger partial charge in [-0.1, -0.05) is 121 Å². The van der Waals surface area contributed by atoms with Gasteiger partial charge in [0.25, 0.3) is 0 Å². The molecule has 0 aromatic rings. The number of allylic oxidation sites excluding steroid dienone is 2. The lowest BCUT2D eigenvalue weighted by Gasteiger charge is -2.38. The number of methoxy groups -OCH3 is 2. The molecule has 0 bridgehead atoms. The lowest BCUT2D eigenvalue weighted by molar-refractivity contribution is -0.136. The van der Waals surface area contributed by atoms with Crippen molar-refractivity contribution in [3.05, 3.63) is 39.7 Å². The van der Waals surface area contributed by atoms with E-state index in [4.69, 9.17) is 9.47 Å². The van der Waals surface area contributed by atoms with Crippen LogP contribution in [0.5, 0.6) is 0 Å². The molecular weight excluding hydrogens is 544 g/mol. The molecule has 0 aromatic heterocycles. The molecule has 0 aromatic carbocycles. The number of esters is 2. The maximum absolute atomic E-state index is 14.1. The zero-order valence-electron chi connectivity index (χ0n) is 28.8. The minimum absolute atomic E-state index is 0.255. The molecule has 4 nitrogen and oxygen atoms in total. The summed E-state index contributed by atoms with van der Waals surface area (Å²) in [4.78, 5) is 27.0. The maximum Gasteiger partial charge on any atom is 0.346 e. The van der Waals surface area contributed by atoms with Crippen LogP contribution in [0.1, 0.15) is 180 Å². The average molecular weight is 609 g/mol. The summed E-state index contributed by atoms with van der Waals surface area (Å²) in [7, 11) is 3.01. The highest BCUT2D eigenvalue weighted by Gasteiger charge is 2.39. The molecule has 3 aliphatic rings. The maximum atomic E-state index is 14.1. The van der Waals surface area contributed by atoms with Crippen LogP contribution in [0.25, 0.3) is 0 Å². The third-order valence-corrected chi connectivity index (χ3v) is 10.5. The van der Waals surface area contributed by atoms with Crippen LogP contribution in [0.3, 0.4) is 0 Å². The Kier molecular flexibility index (Phi) is 17.3. The zero-order valence-corrected chi connectivity index (χ0v) is 28.8. The van der Waals surface area contributed by atoms with E-state index in [1.807, 2.05) is 6.92 Å². The average Bonchev–Trinajstić information content (AvgIpc) is 3.05. The quantitative estimate of drug-likeness (QED) is 0.177. The minimum atomic E-state index is -0.415. The number of carbonyl (C=O) groups excluding carboxylic acids is 2. The molecule has 4 heteroatoms. The van der Waals surface area contributed by atoms with Gasteiger partial charge >= 0.3 is 11.9 Å². The van der Waals surface area contributed by atoms with E-state index >= 15 is 0 Å². The van der Waals surface area contributed by atoms with E-state index in [-0.39, 0.29) is 11.9 Å². The van der Waals surface area contributed by atoms with Gasteiger partial charge in [-0.25, -0.2) is 9.59 Å². The highest BCUT2D eigenvalue weighted by Crippen LogP contribution is 2.48. The molecule has 0 aliphatic heterocycles. The molecule has 0 atom stereocenters. The van der Waals surface area contributed by atoms with Gasteiger partial charge in [-0.05, 0) is 82.3 Å². The second-order valence-electron chi connectivity index (χ2n) is 14.0. The van der Waals surface area contributed by atoms with Crippen molar-refractivity contribution in [1.82, 2.24) is 0 Å². The van der Waals surface area contributed by atoms with Crippen molar-refractivity contribution in [3.8, 4) is 0 Å². The predicted molar refractivity (Wildman–Crippen MR) is 182 cm³/mol. The Morgan fingerprint density at radius 1 is 0.568 bits per heavy atom. The summed E-state index contributed by atoms with van der Waals surface area (Å²) < 4.78 is 10.9. The highest BCUT2D eigenvalue weighted by molar-refractivity contribution is 5.94. The molecule has 44 heavy (non-hydrogen) atoms. The van der Waals surface area contributed by atoms with E-state index in [0.717, 1.165) is 77.0 Å². The Hall–Kier alpha value is -2.06. The van der Waals surface area contributed by atoms with E-state index in [1.54, 1.807) is 0 Å². The van der Waals surface area contributed by atoms with E-state index in [0.29, 0.717) is 11.1 Å². The summed E-state index contributed by atoms with van der Waals surface area (Å²) in [5.41, 5.74) is 8.62. The normalized spacial score (nSPS) is 22.1. The highest BCUT2D eigenvalue weighted by atomic mass is 16.5. The first-order valence-corrected chi connectivity index (χ1v) is 18.6. The molecule has 0 saturated heterocycles. The Bertz CT molecular complexity index is 988. The first-order valence-electron chi connectivity index (χ1n) is 18.6. The zero-order chi connectivity index (χ0) is 31.5. The van der Waals surface area contributed by atoms with Crippen LogP contribution in [0.15, 0.2) is 39.7 Å². The number of carbonyl (C=O) groups is 2. The van der Waals surface area contributed by atoms with Gasteiger partial charge in [-0.2, -0.15) is 0 Å². The number of hydrogen-bond acceptors (Lipinski definition) is 4. The van der Waals surface area contributed by atoms with Crippen LogP contribution in [0, 0.1) is 5.41 Å². The SMILES string of the molecule is COC(=O)C(=C=C1CCCCCCCCC1)C(=C1CCCCCCCCC1)C1(/C=C(/C)C(=O)OC)CCCCCCCCC1. The van der Waals surface area contributed by atoms with E-state index in [1.165, 1.54) is 127 Å². The van der Waals surface area contributed by atoms with Gasteiger partial charge < -0.3 is 9.47 Å². The molecule has 0 heterocycles. The molecule has 0 unspecified atom stereocenters. The van der Waals surface area contributed by atoms with Crippen molar-refractivity contribution in [2.75, 3.05) is 14.2 Å². The topological polar surface area (TPSA) is 52.6 Å². The Morgan fingerprint density at radius 3 is 1.39 bits per heavy atom. The number of rotatable bonds is 5. The summed E-state index contributed by atoms with van der Waals surface area (Å²) >= 11 is 0. The van der Waals surface area contributed by atoms with Crippen LogP contribution in [-0.4, -0.2) is 26.2 Å². The van der Waals surface area contributed by atoms with Crippen LogP contribution in [0.4, 0.5) is 0 Å². The molecule has 0 radical (unpaired) electrons. The fraction of sp³-hybridized carbons (Fsp3) is 0.775. The summed E-state index contributed by atoms with van der Waals surface area (Å²) in [6, 6.07) is 0. The van der Waals surface area contributed by atoms with Crippen LogP contribution < -0.4 is 0 Å². The molecule has 248 valence electrons. The molecular formula is C40H64O4. The van der Waals surface area contributed by atoms with E-state index < -0.39 is 5.41 Å². The molecule has 0 spiro atoms. The third-order valence-electron chi connectivity index (χ3n) is 10.5. The van der Waals surface area contributed by atoms with Gasteiger partial charge in [-0.3, -0.25) is 0 Å². The summed E-state index contributed by atoms with van der Waals surface area (Å²) in [6.45, 7) is 1.91.